The van der Waals surface area contributed by atoms with Crippen LogP contribution in [-0.2, 0) is 12.6 Å². The van der Waals surface area contributed by atoms with Crippen molar-refractivity contribution >= 4 is 22.9 Å². The van der Waals surface area contributed by atoms with Crippen molar-refractivity contribution in [2.24, 2.45) is 5.92 Å². The molecular formula is C8H9ClF3NS. The zero-order valence-electron chi connectivity index (χ0n) is 7.65. The molecule has 0 aromatic carbocycles. The lowest BCUT2D eigenvalue weighted by Crippen LogP contribution is -2.09. The first-order valence-corrected chi connectivity index (χ1v) is 5.22. The minimum Gasteiger partial charge on any atom is -0.220 e. The SMILES string of the molecule is CC(C)Cc1sc(Cl)nc1C(F)(F)F. The Kier molecular flexibility index (Phi) is 3.42. The average Bonchev–Trinajstić information content (AvgIpc) is 2.28. The van der Waals surface area contributed by atoms with Crippen LogP contribution in [-0.4, -0.2) is 4.98 Å². The molecule has 1 nitrogen and oxygen atoms in total. The van der Waals surface area contributed by atoms with Gasteiger partial charge in [0.1, 0.15) is 0 Å². The van der Waals surface area contributed by atoms with Gasteiger partial charge in [-0.3, -0.25) is 0 Å². The molecule has 1 aromatic rings. The van der Waals surface area contributed by atoms with E-state index in [9.17, 15) is 13.2 Å². The van der Waals surface area contributed by atoms with Gasteiger partial charge in [0.05, 0.1) is 0 Å². The highest BCUT2D eigenvalue weighted by Crippen LogP contribution is 2.36. The number of thiazole rings is 1. The summed E-state index contributed by atoms with van der Waals surface area (Å²) >= 11 is 6.37. The smallest absolute Gasteiger partial charge is 0.220 e. The summed E-state index contributed by atoms with van der Waals surface area (Å²) in [5.41, 5.74) is -0.832. The third-order valence-corrected chi connectivity index (χ3v) is 2.72. The third-order valence-electron chi connectivity index (χ3n) is 1.53. The summed E-state index contributed by atoms with van der Waals surface area (Å²) in [5.74, 6) is 0.160. The van der Waals surface area contributed by atoms with Crippen LogP contribution in [0, 0.1) is 5.92 Å². The number of nitrogens with zero attached hydrogens (tertiary/aromatic N) is 1. The Morgan fingerprint density at radius 1 is 1.43 bits per heavy atom. The average molecular weight is 244 g/mol. The van der Waals surface area contributed by atoms with Gasteiger partial charge in [0.25, 0.3) is 0 Å². The quantitative estimate of drug-likeness (QED) is 0.765. The zero-order chi connectivity index (χ0) is 10.9. The second kappa shape index (κ2) is 4.06. The van der Waals surface area contributed by atoms with Gasteiger partial charge in [-0.2, -0.15) is 13.2 Å². The van der Waals surface area contributed by atoms with E-state index in [0.717, 1.165) is 11.3 Å². The summed E-state index contributed by atoms with van der Waals surface area (Å²) in [7, 11) is 0. The van der Waals surface area contributed by atoms with Crippen LogP contribution in [0.15, 0.2) is 0 Å². The zero-order valence-corrected chi connectivity index (χ0v) is 9.22. The lowest BCUT2D eigenvalue weighted by Gasteiger charge is -2.07. The Balaban J connectivity index is 3.03. The second-order valence-electron chi connectivity index (χ2n) is 3.33. The first kappa shape index (κ1) is 11.8. The monoisotopic (exact) mass is 243 g/mol. The molecule has 0 aliphatic carbocycles. The molecule has 0 amide bonds. The molecule has 0 radical (unpaired) electrons. The van der Waals surface area contributed by atoms with E-state index in [4.69, 9.17) is 11.6 Å². The molecule has 0 saturated heterocycles. The summed E-state index contributed by atoms with van der Waals surface area (Å²) in [6.45, 7) is 3.71. The molecule has 1 rings (SSSR count). The number of alkyl halides is 3. The molecule has 0 fully saturated rings. The Bertz CT molecular complexity index is 319. The third kappa shape index (κ3) is 2.85. The predicted octanol–water partition coefficient (Wildman–Crippen LogP) is 4.01. The maximum atomic E-state index is 12.4. The molecule has 1 aromatic heterocycles. The van der Waals surface area contributed by atoms with Crippen LogP contribution in [0.3, 0.4) is 0 Å². The van der Waals surface area contributed by atoms with E-state index in [-0.39, 0.29) is 15.3 Å². The van der Waals surface area contributed by atoms with Crippen LogP contribution in [0.2, 0.25) is 4.47 Å². The molecule has 0 aliphatic rings. The molecule has 0 saturated carbocycles. The highest BCUT2D eigenvalue weighted by atomic mass is 35.5. The molecule has 0 atom stereocenters. The van der Waals surface area contributed by atoms with Crippen LogP contribution >= 0.6 is 22.9 Å². The number of aromatic nitrogens is 1. The topological polar surface area (TPSA) is 12.9 Å². The second-order valence-corrected chi connectivity index (χ2v) is 5.00. The van der Waals surface area contributed by atoms with Gasteiger partial charge in [0.15, 0.2) is 10.2 Å². The molecular weight excluding hydrogens is 235 g/mol. The van der Waals surface area contributed by atoms with Gasteiger partial charge in [-0.1, -0.05) is 25.4 Å². The molecule has 6 heteroatoms. The summed E-state index contributed by atoms with van der Waals surface area (Å²) in [4.78, 5) is 3.51. The van der Waals surface area contributed by atoms with Crippen LogP contribution in [0.25, 0.3) is 0 Å². The van der Waals surface area contributed by atoms with Gasteiger partial charge < -0.3 is 0 Å². The van der Waals surface area contributed by atoms with E-state index in [1.807, 2.05) is 13.8 Å². The normalized spacial score (nSPS) is 12.5. The minimum absolute atomic E-state index is 0.0482. The largest absolute Gasteiger partial charge is 0.434 e. The van der Waals surface area contributed by atoms with Gasteiger partial charge in [-0.05, 0) is 12.3 Å². The van der Waals surface area contributed by atoms with Gasteiger partial charge in [-0.25, -0.2) is 4.98 Å². The van der Waals surface area contributed by atoms with Gasteiger partial charge in [-0.15, -0.1) is 11.3 Å². The summed E-state index contributed by atoms with van der Waals surface area (Å²) in [6.07, 6.45) is -4.03. The van der Waals surface area contributed by atoms with Crippen molar-refractivity contribution in [2.75, 3.05) is 0 Å². The first-order valence-electron chi connectivity index (χ1n) is 4.03. The van der Waals surface area contributed by atoms with Crippen molar-refractivity contribution < 1.29 is 13.2 Å². The van der Waals surface area contributed by atoms with Crippen molar-refractivity contribution in [2.45, 2.75) is 26.4 Å². The van der Waals surface area contributed by atoms with Gasteiger partial charge in [0.2, 0.25) is 0 Å². The van der Waals surface area contributed by atoms with E-state index >= 15 is 0 Å². The maximum absolute atomic E-state index is 12.4. The Hall–Kier alpha value is -0.290. The molecule has 1 heterocycles. The highest BCUT2D eigenvalue weighted by molar-refractivity contribution is 7.15. The lowest BCUT2D eigenvalue weighted by atomic mass is 10.1. The van der Waals surface area contributed by atoms with Crippen molar-refractivity contribution in [1.82, 2.24) is 4.98 Å². The standard InChI is InChI=1S/C8H9ClF3NS/c1-4(2)3-5-6(8(10,11)12)13-7(9)14-5/h4H,3H2,1-2H3. The predicted molar refractivity (Wildman–Crippen MR) is 50.7 cm³/mol. The molecule has 0 spiro atoms. The summed E-state index contributed by atoms with van der Waals surface area (Å²) < 4.78 is 37.1. The fourth-order valence-corrected chi connectivity index (χ4v) is 2.43. The summed E-state index contributed by atoms with van der Waals surface area (Å²) in [6, 6.07) is 0. The molecule has 14 heavy (non-hydrogen) atoms. The Morgan fingerprint density at radius 2 is 2.00 bits per heavy atom. The highest BCUT2D eigenvalue weighted by Gasteiger charge is 2.37. The number of rotatable bonds is 2. The van der Waals surface area contributed by atoms with Crippen molar-refractivity contribution in [1.29, 1.82) is 0 Å². The fraction of sp³-hybridized carbons (Fsp3) is 0.625. The van der Waals surface area contributed by atoms with Crippen LogP contribution in [0.4, 0.5) is 13.2 Å². The first-order chi connectivity index (χ1) is 6.30. The molecule has 0 aliphatic heterocycles. The minimum atomic E-state index is -4.39. The van der Waals surface area contributed by atoms with Gasteiger partial charge >= 0.3 is 6.18 Å². The number of hydrogen-bond acceptors (Lipinski definition) is 2. The Morgan fingerprint density at radius 3 is 2.43 bits per heavy atom. The molecule has 0 unspecified atom stereocenters. The molecule has 0 N–H and O–H groups in total. The fourth-order valence-electron chi connectivity index (χ4n) is 1.05. The van der Waals surface area contributed by atoms with E-state index in [2.05, 4.69) is 4.98 Å². The van der Waals surface area contributed by atoms with E-state index < -0.39 is 11.9 Å². The van der Waals surface area contributed by atoms with E-state index in [1.165, 1.54) is 0 Å². The van der Waals surface area contributed by atoms with Crippen LogP contribution in [0.5, 0.6) is 0 Å². The van der Waals surface area contributed by atoms with E-state index in [0.29, 0.717) is 6.42 Å². The number of halogens is 4. The molecule has 80 valence electrons. The van der Waals surface area contributed by atoms with Gasteiger partial charge in [0, 0.05) is 4.88 Å². The summed E-state index contributed by atoms with van der Waals surface area (Å²) in [5, 5.41) is 0. The van der Waals surface area contributed by atoms with Crippen molar-refractivity contribution in [3.05, 3.63) is 15.0 Å². The molecule has 0 bridgehead atoms. The van der Waals surface area contributed by atoms with Crippen LogP contribution in [0.1, 0.15) is 24.4 Å². The lowest BCUT2D eigenvalue weighted by molar-refractivity contribution is -0.141. The van der Waals surface area contributed by atoms with Crippen molar-refractivity contribution in [3.8, 4) is 0 Å². The van der Waals surface area contributed by atoms with E-state index in [1.54, 1.807) is 0 Å². The maximum Gasteiger partial charge on any atom is 0.434 e. The Labute approximate surface area is 88.9 Å². The van der Waals surface area contributed by atoms with Crippen molar-refractivity contribution in [3.63, 3.8) is 0 Å². The van der Waals surface area contributed by atoms with Crippen LogP contribution < -0.4 is 0 Å². The number of hydrogen-bond donors (Lipinski definition) is 0.